The van der Waals surface area contributed by atoms with Gasteiger partial charge in [0.15, 0.2) is 23.4 Å². The van der Waals surface area contributed by atoms with Crippen molar-refractivity contribution in [2.24, 2.45) is 0 Å². The van der Waals surface area contributed by atoms with E-state index in [-0.39, 0.29) is 11.3 Å². The number of hydrogen-bond donors (Lipinski definition) is 11. The van der Waals surface area contributed by atoms with Crippen LogP contribution in [-0.2, 0) is 14.3 Å². The average molecular weight is 641 g/mol. The van der Waals surface area contributed by atoms with Gasteiger partial charge in [-0.3, -0.25) is 4.79 Å². The number of ether oxygens (including phenoxy) is 4. The molecule has 244 valence electrons. The molecule has 0 aliphatic carbocycles. The molecule has 3 heterocycles. The molecule has 0 bridgehead atoms. The summed E-state index contributed by atoms with van der Waals surface area (Å²) in [4.78, 5) is 25.1. The molecule has 0 unspecified atom stereocenters. The molecule has 5 rings (SSSR count). The van der Waals surface area contributed by atoms with Gasteiger partial charge >= 0.3 is 5.97 Å². The fourth-order valence-electron chi connectivity index (χ4n) is 4.88. The van der Waals surface area contributed by atoms with Crippen LogP contribution in [0.25, 0.3) is 22.3 Å². The molecule has 2 aliphatic rings. The van der Waals surface area contributed by atoms with Crippen molar-refractivity contribution in [1.82, 2.24) is 0 Å². The van der Waals surface area contributed by atoms with Gasteiger partial charge in [0.1, 0.15) is 65.2 Å². The predicted molar refractivity (Wildman–Crippen MR) is 142 cm³/mol. The molecule has 11 N–H and O–H groups in total. The number of fused-ring (bicyclic) bond motifs is 1. The monoisotopic (exact) mass is 640 g/mol. The third-order valence-corrected chi connectivity index (χ3v) is 7.27. The Morgan fingerprint density at radius 3 is 2.13 bits per heavy atom. The van der Waals surface area contributed by atoms with Crippen molar-refractivity contribution in [2.75, 3.05) is 6.61 Å². The Hall–Kier alpha value is -4.24. The third kappa shape index (κ3) is 5.81. The largest absolute Gasteiger partial charge is 0.507 e. The number of hydrogen-bond acceptors (Lipinski definition) is 17. The first-order valence-electron chi connectivity index (χ1n) is 13.2. The highest BCUT2D eigenvalue weighted by molar-refractivity contribution is 5.88. The molecule has 3 aromatic rings. The number of aliphatic hydroxyl groups is 7. The number of phenols is 3. The van der Waals surface area contributed by atoms with Gasteiger partial charge in [0.25, 0.3) is 0 Å². The Morgan fingerprint density at radius 2 is 1.49 bits per heavy atom. The van der Waals surface area contributed by atoms with Gasteiger partial charge in [0, 0.05) is 17.7 Å². The smallest absolute Gasteiger partial charge is 0.335 e. The molecule has 2 aliphatic heterocycles. The topological polar surface area (TPSA) is 307 Å². The normalized spacial score (nSPS) is 30.7. The molecule has 2 fully saturated rings. The molecule has 45 heavy (non-hydrogen) atoms. The van der Waals surface area contributed by atoms with Crippen LogP contribution in [0, 0.1) is 0 Å². The van der Waals surface area contributed by atoms with Crippen LogP contribution in [0.5, 0.6) is 28.7 Å². The Kier molecular flexibility index (Phi) is 8.77. The van der Waals surface area contributed by atoms with E-state index in [0.717, 1.165) is 24.3 Å². The first-order chi connectivity index (χ1) is 21.2. The molecule has 2 saturated heterocycles. The van der Waals surface area contributed by atoms with E-state index in [9.17, 15) is 65.8 Å². The van der Waals surface area contributed by atoms with Gasteiger partial charge in [-0.15, -0.1) is 0 Å². The first kappa shape index (κ1) is 32.2. The zero-order valence-corrected chi connectivity index (χ0v) is 22.6. The van der Waals surface area contributed by atoms with Crippen LogP contribution in [0.3, 0.4) is 0 Å². The van der Waals surface area contributed by atoms with E-state index in [4.69, 9.17) is 23.4 Å². The second-order valence-corrected chi connectivity index (χ2v) is 10.3. The molecule has 0 amide bonds. The van der Waals surface area contributed by atoms with Gasteiger partial charge in [-0.1, -0.05) is 0 Å². The molecule has 2 aromatic carbocycles. The SMILES string of the molecule is O=C(O)[C@H]1O[C@@H](Oc2cc(O)c3c(=O)c(O[C@@H]4O[C@H]([C@H](O)CO)[C@H](O)[C@H]4O)c(-c4ccc(O)c(O)c4)oc3c2)[C@H](O)[C@@H](O)[C@@H]1O. The van der Waals surface area contributed by atoms with Crippen molar-refractivity contribution in [2.45, 2.75) is 61.4 Å². The number of aliphatic hydroxyl groups excluding tert-OH is 7. The van der Waals surface area contributed by atoms with Gasteiger partial charge in [-0.25, -0.2) is 4.79 Å². The number of aliphatic carboxylic acids is 1. The van der Waals surface area contributed by atoms with Crippen LogP contribution in [0.4, 0.5) is 0 Å². The van der Waals surface area contributed by atoms with Crippen molar-refractivity contribution in [3.63, 3.8) is 0 Å². The number of carboxylic acid groups (broad SMARTS) is 1. The first-order valence-corrected chi connectivity index (χ1v) is 13.2. The zero-order valence-electron chi connectivity index (χ0n) is 22.6. The lowest BCUT2D eigenvalue weighted by atomic mass is 9.99. The van der Waals surface area contributed by atoms with E-state index in [1.807, 2.05) is 0 Å². The molecule has 0 saturated carbocycles. The van der Waals surface area contributed by atoms with E-state index in [0.29, 0.717) is 0 Å². The van der Waals surface area contributed by atoms with Crippen LogP contribution < -0.4 is 14.9 Å². The van der Waals surface area contributed by atoms with E-state index >= 15 is 0 Å². The van der Waals surface area contributed by atoms with Crippen molar-refractivity contribution < 1.29 is 84.3 Å². The molecule has 18 heteroatoms. The highest BCUT2D eigenvalue weighted by Gasteiger charge is 2.49. The second kappa shape index (κ2) is 12.3. The maximum Gasteiger partial charge on any atom is 0.335 e. The minimum absolute atomic E-state index is 0.0995. The van der Waals surface area contributed by atoms with Crippen LogP contribution in [0.1, 0.15) is 0 Å². The molecule has 1 aromatic heterocycles. The van der Waals surface area contributed by atoms with Gasteiger partial charge in [-0.2, -0.15) is 0 Å². The minimum atomic E-state index is -2.01. The molecular weight excluding hydrogens is 612 g/mol. The van der Waals surface area contributed by atoms with Crippen molar-refractivity contribution in [1.29, 1.82) is 0 Å². The lowest BCUT2D eigenvalue weighted by Crippen LogP contribution is -2.61. The summed E-state index contributed by atoms with van der Waals surface area (Å²) < 4.78 is 27.2. The van der Waals surface area contributed by atoms with Gasteiger partial charge < -0.3 is 79.5 Å². The van der Waals surface area contributed by atoms with E-state index < -0.39 is 119 Å². The van der Waals surface area contributed by atoms with E-state index in [1.165, 1.54) is 6.07 Å². The van der Waals surface area contributed by atoms with Crippen LogP contribution in [-0.4, -0.2) is 130 Å². The van der Waals surface area contributed by atoms with Crippen molar-refractivity contribution >= 4 is 16.9 Å². The Bertz CT molecular complexity index is 1640. The summed E-state index contributed by atoms with van der Waals surface area (Å²) in [6.07, 6.45) is -18.5. The summed E-state index contributed by atoms with van der Waals surface area (Å²) >= 11 is 0. The van der Waals surface area contributed by atoms with E-state index in [1.54, 1.807) is 0 Å². The van der Waals surface area contributed by atoms with Gasteiger partial charge in [-0.05, 0) is 18.2 Å². The summed E-state index contributed by atoms with van der Waals surface area (Å²) in [6, 6.07) is 5.05. The summed E-state index contributed by atoms with van der Waals surface area (Å²) in [6.45, 7) is -0.852. The molecular formula is C27H28O18. The average Bonchev–Trinajstić information content (AvgIpc) is 3.27. The lowest BCUT2D eigenvalue weighted by molar-refractivity contribution is -0.271. The molecule has 0 spiro atoms. The zero-order chi connectivity index (χ0) is 32.9. The van der Waals surface area contributed by atoms with Gasteiger partial charge in [0.05, 0.1) is 6.61 Å². The summed E-state index contributed by atoms with van der Waals surface area (Å²) in [5, 5.41) is 110. The minimum Gasteiger partial charge on any atom is -0.507 e. The number of phenolic OH excluding ortho intramolecular Hbond substituents is 3. The van der Waals surface area contributed by atoms with Crippen molar-refractivity contribution in [3.8, 4) is 40.1 Å². The Balaban J connectivity index is 1.59. The summed E-state index contributed by atoms with van der Waals surface area (Å²) in [5.74, 6) is -5.29. The number of benzene rings is 2. The van der Waals surface area contributed by atoms with Crippen molar-refractivity contribution in [3.05, 3.63) is 40.6 Å². The highest BCUT2D eigenvalue weighted by Crippen LogP contribution is 2.40. The van der Waals surface area contributed by atoms with Gasteiger partial charge in [0.2, 0.25) is 23.8 Å². The fourth-order valence-corrected chi connectivity index (χ4v) is 4.88. The van der Waals surface area contributed by atoms with Crippen LogP contribution in [0.2, 0.25) is 0 Å². The molecule has 0 radical (unpaired) electrons. The maximum absolute atomic E-state index is 13.7. The number of carbonyl (C=O) groups is 1. The summed E-state index contributed by atoms with van der Waals surface area (Å²) in [5.41, 5.74) is -1.62. The number of rotatable bonds is 8. The number of aromatic hydroxyl groups is 3. The highest BCUT2D eigenvalue weighted by atomic mass is 16.7. The van der Waals surface area contributed by atoms with Crippen LogP contribution in [0.15, 0.2) is 39.5 Å². The maximum atomic E-state index is 13.7. The molecule has 10 atom stereocenters. The fraction of sp³-hybridized carbons (Fsp3) is 0.407. The Labute approximate surface area is 250 Å². The standard InChI is InChI=1S/C27H28O18/c28-6-12(32)22-18(36)20(38)27(43-22)44-23-15(33)14-11(31)4-8(41-26-19(37)16(34)17(35)24(45-26)25(39)40)5-13(14)42-21(23)7-1-2-9(29)10(30)3-7/h1-5,12,16-20,22,24,26-32,34-38H,6H2,(H,39,40)/t12-,16+,17+,18-,19-,20-,22-,24+,26-,27+/m1/s1. The Morgan fingerprint density at radius 1 is 0.822 bits per heavy atom. The molecule has 18 nitrogen and oxygen atoms in total. The third-order valence-electron chi connectivity index (χ3n) is 7.27. The van der Waals surface area contributed by atoms with E-state index in [2.05, 4.69) is 0 Å². The van der Waals surface area contributed by atoms with Crippen LogP contribution >= 0.6 is 0 Å². The quantitative estimate of drug-likeness (QED) is 0.109. The number of carboxylic acids is 1. The lowest BCUT2D eigenvalue weighted by Gasteiger charge is -2.38. The second-order valence-electron chi connectivity index (χ2n) is 10.3. The summed E-state index contributed by atoms with van der Waals surface area (Å²) in [7, 11) is 0. The predicted octanol–water partition coefficient (Wildman–Crippen LogP) is -2.97.